The van der Waals surface area contributed by atoms with Crippen molar-refractivity contribution in [2.24, 2.45) is 5.10 Å². The highest BCUT2D eigenvalue weighted by Crippen LogP contribution is 2.21. The highest BCUT2D eigenvalue weighted by Gasteiger charge is 2.27. The van der Waals surface area contributed by atoms with Crippen molar-refractivity contribution in [3.63, 3.8) is 0 Å². The molecule has 27 heavy (non-hydrogen) atoms. The second-order valence-corrected chi connectivity index (χ2v) is 8.05. The maximum Gasteiger partial charge on any atom is 0.271 e. The first-order chi connectivity index (χ1) is 13.0. The minimum atomic E-state index is -3.48. The minimum Gasteiger partial charge on any atom is -0.497 e. The molecule has 7 nitrogen and oxygen atoms in total. The molecule has 2 aromatic carbocycles. The zero-order chi connectivity index (χ0) is 19.3. The molecule has 1 heterocycles. The largest absolute Gasteiger partial charge is 0.497 e. The first kappa shape index (κ1) is 19.1. The topological polar surface area (TPSA) is 88.1 Å². The predicted octanol–water partition coefficient (Wildman–Crippen LogP) is 2.24. The van der Waals surface area contributed by atoms with Gasteiger partial charge in [-0.15, -0.1) is 0 Å². The third kappa shape index (κ3) is 4.53. The van der Waals surface area contributed by atoms with E-state index in [9.17, 15) is 13.2 Å². The first-order valence-electron chi connectivity index (χ1n) is 8.58. The zero-order valence-electron chi connectivity index (χ0n) is 15.0. The summed E-state index contributed by atoms with van der Waals surface area (Å²) in [5.74, 6) is 0.277. The quantitative estimate of drug-likeness (QED) is 0.608. The van der Waals surface area contributed by atoms with E-state index in [-0.39, 0.29) is 4.90 Å². The van der Waals surface area contributed by atoms with Crippen molar-refractivity contribution in [3.8, 4) is 5.75 Å². The van der Waals surface area contributed by atoms with Gasteiger partial charge in [0.05, 0.1) is 18.2 Å². The van der Waals surface area contributed by atoms with Crippen LogP contribution in [0.15, 0.2) is 58.5 Å². The molecule has 0 unspecified atom stereocenters. The predicted molar refractivity (Wildman–Crippen MR) is 102 cm³/mol. The molecule has 8 heteroatoms. The summed E-state index contributed by atoms with van der Waals surface area (Å²) in [6.45, 7) is 1.09. The SMILES string of the molecule is COc1cccc(/C=N\NC(=O)c2ccc(S(=O)(=O)N3CCCC3)cc2)c1. The van der Waals surface area contributed by atoms with E-state index >= 15 is 0 Å². The lowest BCUT2D eigenvalue weighted by Crippen LogP contribution is -2.28. The number of nitrogens with one attached hydrogen (secondary N) is 1. The van der Waals surface area contributed by atoms with Crippen molar-refractivity contribution in [2.45, 2.75) is 17.7 Å². The number of rotatable bonds is 6. The number of carbonyl (C=O) groups excluding carboxylic acids is 1. The third-order valence-corrected chi connectivity index (χ3v) is 6.21. The molecule has 1 aliphatic rings. The Hall–Kier alpha value is -2.71. The summed E-state index contributed by atoms with van der Waals surface area (Å²) in [4.78, 5) is 12.4. The lowest BCUT2D eigenvalue weighted by atomic mass is 10.2. The van der Waals surface area contributed by atoms with Crippen molar-refractivity contribution in [1.82, 2.24) is 9.73 Å². The molecule has 0 bridgehead atoms. The van der Waals surface area contributed by atoms with E-state index < -0.39 is 15.9 Å². The van der Waals surface area contributed by atoms with Crippen LogP contribution in [0.2, 0.25) is 0 Å². The number of benzene rings is 2. The molecule has 1 fully saturated rings. The van der Waals surface area contributed by atoms with Crippen LogP contribution in [0.5, 0.6) is 5.75 Å². The summed E-state index contributed by atoms with van der Waals surface area (Å²) in [7, 11) is -1.91. The Morgan fingerprint density at radius 2 is 1.85 bits per heavy atom. The van der Waals surface area contributed by atoms with Crippen molar-refractivity contribution >= 4 is 22.1 Å². The Balaban J connectivity index is 1.64. The van der Waals surface area contributed by atoms with Crippen molar-refractivity contribution < 1.29 is 17.9 Å². The number of carbonyl (C=O) groups is 1. The van der Waals surface area contributed by atoms with E-state index in [0.29, 0.717) is 24.4 Å². The number of hydrogen-bond acceptors (Lipinski definition) is 5. The number of hydrogen-bond donors (Lipinski definition) is 1. The number of nitrogens with zero attached hydrogens (tertiary/aromatic N) is 2. The van der Waals surface area contributed by atoms with Gasteiger partial charge >= 0.3 is 0 Å². The summed E-state index contributed by atoms with van der Waals surface area (Å²) in [6, 6.07) is 13.1. The Kier molecular flexibility index (Phi) is 5.88. The molecule has 0 atom stereocenters. The normalized spacial score (nSPS) is 15.1. The van der Waals surface area contributed by atoms with E-state index in [1.54, 1.807) is 13.2 Å². The van der Waals surface area contributed by atoms with Crippen LogP contribution in [0.25, 0.3) is 0 Å². The number of amides is 1. The standard InChI is InChI=1S/C19H21N3O4S/c1-26-17-6-4-5-15(13-17)14-20-21-19(23)16-7-9-18(10-8-16)27(24,25)22-11-2-3-12-22/h4-10,13-14H,2-3,11-12H2,1H3,(H,21,23)/b20-14-. The summed E-state index contributed by atoms with van der Waals surface area (Å²) >= 11 is 0. The van der Waals surface area contributed by atoms with E-state index in [2.05, 4.69) is 10.5 Å². The van der Waals surface area contributed by atoms with E-state index in [1.165, 1.54) is 34.8 Å². The van der Waals surface area contributed by atoms with Crippen LogP contribution in [-0.2, 0) is 10.0 Å². The monoisotopic (exact) mass is 387 g/mol. The molecule has 1 N–H and O–H groups in total. The van der Waals surface area contributed by atoms with Gasteiger partial charge in [0.15, 0.2) is 0 Å². The molecule has 0 spiro atoms. The van der Waals surface area contributed by atoms with Gasteiger partial charge in [-0.1, -0.05) is 12.1 Å². The second kappa shape index (κ2) is 8.32. The number of ether oxygens (including phenoxy) is 1. The average molecular weight is 387 g/mol. The number of sulfonamides is 1. The van der Waals surface area contributed by atoms with Crippen molar-refractivity contribution in [2.75, 3.05) is 20.2 Å². The van der Waals surface area contributed by atoms with Gasteiger partial charge in [-0.25, -0.2) is 13.8 Å². The summed E-state index contributed by atoms with van der Waals surface area (Å²) in [6.07, 6.45) is 3.27. The summed E-state index contributed by atoms with van der Waals surface area (Å²) in [5, 5.41) is 3.92. The van der Waals surface area contributed by atoms with Gasteiger partial charge in [0, 0.05) is 18.7 Å². The van der Waals surface area contributed by atoms with Crippen LogP contribution in [0.3, 0.4) is 0 Å². The lowest BCUT2D eigenvalue weighted by molar-refractivity contribution is 0.0955. The van der Waals surface area contributed by atoms with Crippen LogP contribution < -0.4 is 10.2 Å². The summed E-state index contributed by atoms with van der Waals surface area (Å²) in [5.41, 5.74) is 3.54. The van der Waals surface area contributed by atoms with Gasteiger partial charge in [-0.3, -0.25) is 4.79 Å². The lowest BCUT2D eigenvalue weighted by Gasteiger charge is -2.15. The smallest absolute Gasteiger partial charge is 0.271 e. The van der Waals surface area contributed by atoms with Crippen molar-refractivity contribution in [1.29, 1.82) is 0 Å². The number of methoxy groups -OCH3 is 1. The zero-order valence-corrected chi connectivity index (χ0v) is 15.8. The fourth-order valence-electron chi connectivity index (χ4n) is 2.81. The molecule has 0 saturated carbocycles. The third-order valence-electron chi connectivity index (χ3n) is 4.29. The molecule has 2 aromatic rings. The van der Waals surface area contributed by atoms with E-state index in [1.807, 2.05) is 18.2 Å². The first-order valence-corrected chi connectivity index (χ1v) is 10.0. The van der Waals surface area contributed by atoms with Gasteiger partial charge in [0.2, 0.25) is 10.0 Å². The fraction of sp³-hybridized carbons (Fsp3) is 0.263. The van der Waals surface area contributed by atoms with Crippen LogP contribution in [-0.4, -0.2) is 45.0 Å². The van der Waals surface area contributed by atoms with Gasteiger partial charge in [-0.05, 0) is 54.8 Å². The van der Waals surface area contributed by atoms with Gasteiger partial charge in [0.25, 0.3) is 5.91 Å². The Bertz CT molecular complexity index is 934. The molecular weight excluding hydrogens is 366 g/mol. The fourth-order valence-corrected chi connectivity index (χ4v) is 4.32. The van der Waals surface area contributed by atoms with Crippen LogP contribution >= 0.6 is 0 Å². The Labute approximate surface area is 158 Å². The molecule has 142 valence electrons. The highest BCUT2D eigenvalue weighted by molar-refractivity contribution is 7.89. The molecule has 1 aliphatic heterocycles. The molecule has 0 aromatic heterocycles. The Morgan fingerprint density at radius 1 is 1.15 bits per heavy atom. The number of hydrazone groups is 1. The maximum absolute atomic E-state index is 12.5. The van der Waals surface area contributed by atoms with Gasteiger partial charge in [-0.2, -0.15) is 9.41 Å². The maximum atomic E-state index is 12.5. The Morgan fingerprint density at radius 3 is 2.52 bits per heavy atom. The van der Waals surface area contributed by atoms with Crippen LogP contribution in [0, 0.1) is 0 Å². The molecule has 1 saturated heterocycles. The molecule has 3 rings (SSSR count). The minimum absolute atomic E-state index is 0.195. The van der Waals surface area contributed by atoms with E-state index in [0.717, 1.165) is 18.4 Å². The van der Waals surface area contributed by atoms with E-state index in [4.69, 9.17) is 4.74 Å². The van der Waals surface area contributed by atoms with Gasteiger partial charge < -0.3 is 4.74 Å². The molecule has 0 aliphatic carbocycles. The second-order valence-electron chi connectivity index (χ2n) is 6.11. The van der Waals surface area contributed by atoms with Gasteiger partial charge in [0.1, 0.15) is 5.75 Å². The summed E-state index contributed by atoms with van der Waals surface area (Å²) < 4.78 is 31.6. The van der Waals surface area contributed by atoms with Crippen LogP contribution in [0.1, 0.15) is 28.8 Å². The molecule has 1 amide bonds. The van der Waals surface area contributed by atoms with Crippen LogP contribution in [0.4, 0.5) is 0 Å². The molecular formula is C19H21N3O4S. The highest BCUT2D eigenvalue weighted by atomic mass is 32.2. The van der Waals surface area contributed by atoms with Crippen molar-refractivity contribution in [3.05, 3.63) is 59.7 Å². The molecule has 0 radical (unpaired) electrons. The average Bonchev–Trinajstić information content (AvgIpc) is 3.24.